The van der Waals surface area contributed by atoms with Crippen LogP contribution in [0.25, 0.3) is 11.3 Å². The van der Waals surface area contributed by atoms with Gasteiger partial charge in [-0.1, -0.05) is 6.42 Å². The first-order chi connectivity index (χ1) is 16.5. The van der Waals surface area contributed by atoms with E-state index in [0.29, 0.717) is 30.7 Å². The maximum atomic E-state index is 15.2. The van der Waals surface area contributed by atoms with Crippen molar-refractivity contribution in [3.63, 3.8) is 0 Å². The maximum Gasteiger partial charge on any atom is 0.314 e. The van der Waals surface area contributed by atoms with Crippen molar-refractivity contribution in [1.29, 1.82) is 0 Å². The largest absolute Gasteiger partial charge is 0.465 e. The number of aliphatic hydroxyl groups is 1. The number of aromatic nitrogens is 2. The SMILES string of the molecule is CCOC(=O)C1CCCC2C1=Nc1c(F)cc(-c3nc(N[C@@H]4CCOC[C@H]4O)ncc3F)cc12. The second-order valence-corrected chi connectivity index (χ2v) is 8.79. The molecule has 3 heterocycles. The number of hydrogen-bond acceptors (Lipinski definition) is 8. The van der Waals surface area contributed by atoms with Gasteiger partial charge in [-0.3, -0.25) is 9.79 Å². The lowest BCUT2D eigenvalue weighted by Crippen LogP contribution is -2.42. The molecule has 0 bridgehead atoms. The number of hydrogen-bond donors (Lipinski definition) is 2. The molecule has 2 N–H and O–H groups in total. The fraction of sp³-hybridized carbons (Fsp3) is 0.500. The van der Waals surface area contributed by atoms with Crippen molar-refractivity contribution in [2.45, 2.75) is 50.7 Å². The maximum absolute atomic E-state index is 15.2. The smallest absolute Gasteiger partial charge is 0.314 e. The Labute approximate surface area is 195 Å². The monoisotopic (exact) mass is 472 g/mol. The molecule has 3 aliphatic rings. The molecule has 8 nitrogen and oxygen atoms in total. The normalized spacial score (nSPS) is 25.8. The summed E-state index contributed by atoms with van der Waals surface area (Å²) < 4.78 is 40.3. The average Bonchev–Trinajstić information content (AvgIpc) is 3.21. The lowest BCUT2D eigenvalue weighted by molar-refractivity contribution is -0.146. The third kappa shape index (κ3) is 4.16. The van der Waals surface area contributed by atoms with Crippen LogP contribution in [0.3, 0.4) is 0 Å². The molecule has 2 aliphatic heterocycles. The van der Waals surface area contributed by atoms with Gasteiger partial charge in [0, 0.05) is 23.8 Å². The van der Waals surface area contributed by atoms with Gasteiger partial charge in [0.25, 0.3) is 0 Å². The van der Waals surface area contributed by atoms with Gasteiger partial charge in [-0.2, -0.15) is 0 Å². The van der Waals surface area contributed by atoms with Gasteiger partial charge in [0.1, 0.15) is 17.2 Å². The molecule has 0 amide bonds. The Morgan fingerprint density at radius 1 is 1.26 bits per heavy atom. The van der Waals surface area contributed by atoms with Gasteiger partial charge in [-0.15, -0.1) is 0 Å². The minimum atomic E-state index is -0.738. The Hall–Kier alpha value is -2.98. The molecular weight excluding hydrogens is 446 g/mol. The zero-order valence-corrected chi connectivity index (χ0v) is 18.8. The molecule has 0 spiro atoms. The van der Waals surface area contributed by atoms with E-state index in [9.17, 15) is 14.3 Å². The van der Waals surface area contributed by atoms with Crippen molar-refractivity contribution in [2.24, 2.45) is 10.9 Å². The highest BCUT2D eigenvalue weighted by molar-refractivity contribution is 6.10. The molecule has 0 radical (unpaired) electrons. The van der Waals surface area contributed by atoms with Crippen LogP contribution in [0.4, 0.5) is 20.4 Å². The standard InChI is InChI=1S/C24H26F2N4O4/c1-2-34-23(32)14-5-3-4-13-15-8-12(9-16(25)22(15)29-21(13)14)20-17(26)10-27-24(30-20)28-18-6-7-33-11-19(18)31/h8-10,13-14,18-19,31H,2-7,11H2,1H3,(H,27,28,30)/t13?,14?,18-,19-/m1/s1. The zero-order valence-electron chi connectivity index (χ0n) is 18.8. The quantitative estimate of drug-likeness (QED) is 0.642. The summed E-state index contributed by atoms with van der Waals surface area (Å²) in [7, 11) is 0. The molecule has 4 atom stereocenters. The lowest BCUT2D eigenvalue weighted by Gasteiger charge is -2.28. The first-order valence-electron chi connectivity index (χ1n) is 11.6. The van der Waals surface area contributed by atoms with E-state index in [1.54, 1.807) is 13.0 Å². The number of nitrogens with one attached hydrogen (secondary N) is 1. The van der Waals surface area contributed by atoms with E-state index < -0.39 is 23.7 Å². The summed E-state index contributed by atoms with van der Waals surface area (Å²) in [5.74, 6) is -2.19. The van der Waals surface area contributed by atoms with Crippen LogP contribution in [-0.2, 0) is 14.3 Å². The number of halogens is 2. The van der Waals surface area contributed by atoms with Gasteiger partial charge in [-0.25, -0.2) is 18.7 Å². The molecule has 1 saturated heterocycles. The van der Waals surface area contributed by atoms with Crippen LogP contribution in [0, 0.1) is 17.6 Å². The highest BCUT2D eigenvalue weighted by atomic mass is 19.1. The number of carbonyl (C=O) groups is 1. The molecule has 1 aromatic carbocycles. The second kappa shape index (κ2) is 9.34. The van der Waals surface area contributed by atoms with Gasteiger partial charge in [0.2, 0.25) is 5.95 Å². The molecular formula is C24H26F2N4O4. The van der Waals surface area contributed by atoms with Crippen molar-refractivity contribution in [3.05, 3.63) is 35.5 Å². The molecule has 2 aromatic rings. The summed E-state index contributed by atoms with van der Waals surface area (Å²) in [6, 6.07) is 2.57. The van der Waals surface area contributed by atoms with Crippen molar-refractivity contribution < 1.29 is 28.2 Å². The lowest BCUT2D eigenvalue weighted by atomic mass is 9.77. The van der Waals surface area contributed by atoms with Crippen LogP contribution in [0.2, 0.25) is 0 Å². The van der Waals surface area contributed by atoms with Crippen molar-refractivity contribution in [2.75, 3.05) is 25.1 Å². The number of ether oxygens (including phenoxy) is 2. The minimum Gasteiger partial charge on any atom is -0.465 e. The molecule has 10 heteroatoms. The van der Waals surface area contributed by atoms with Crippen molar-refractivity contribution >= 4 is 23.3 Å². The fourth-order valence-corrected chi connectivity index (χ4v) is 4.98. The van der Waals surface area contributed by atoms with E-state index in [1.165, 1.54) is 6.07 Å². The number of carbonyl (C=O) groups excluding carboxylic acids is 1. The van der Waals surface area contributed by atoms with Crippen LogP contribution < -0.4 is 5.32 Å². The van der Waals surface area contributed by atoms with E-state index in [0.717, 1.165) is 19.0 Å². The van der Waals surface area contributed by atoms with Crippen molar-refractivity contribution in [3.8, 4) is 11.3 Å². The Kier molecular flexibility index (Phi) is 6.26. The van der Waals surface area contributed by atoms with Crippen LogP contribution in [0.5, 0.6) is 0 Å². The minimum absolute atomic E-state index is 0.0491. The molecule has 1 saturated carbocycles. The number of nitrogens with zero attached hydrogens (tertiary/aromatic N) is 3. The van der Waals surface area contributed by atoms with E-state index in [-0.39, 0.29) is 54.0 Å². The third-order valence-electron chi connectivity index (χ3n) is 6.64. The summed E-state index contributed by atoms with van der Waals surface area (Å²) in [6.07, 6.45) is 2.96. The Bertz CT molecular complexity index is 1140. The van der Waals surface area contributed by atoms with E-state index in [1.807, 2.05) is 0 Å². The topological polar surface area (TPSA) is 106 Å². The van der Waals surface area contributed by atoms with Gasteiger partial charge in [-0.05, 0) is 43.9 Å². The van der Waals surface area contributed by atoms with E-state index in [2.05, 4.69) is 20.3 Å². The van der Waals surface area contributed by atoms with Gasteiger partial charge < -0.3 is 19.9 Å². The molecule has 1 aliphatic carbocycles. The van der Waals surface area contributed by atoms with Crippen LogP contribution >= 0.6 is 0 Å². The van der Waals surface area contributed by atoms with Gasteiger partial charge >= 0.3 is 5.97 Å². The second-order valence-electron chi connectivity index (χ2n) is 8.79. The average molecular weight is 472 g/mol. The van der Waals surface area contributed by atoms with Gasteiger partial charge in [0.15, 0.2) is 5.82 Å². The summed E-state index contributed by atoms with van der Waals surface area (Å²) in [6.45, 7) is 2.69. The Morgan fingerprint density at radius 3 is 2.91 bits per heavy atom. The highest BCUT2D eigenvalue weighted by Crippen LogP contribution is 2.47. The predicted molar refractivity (Wildman–Crippen MR) is 120 cm³/mol. The zero-order chi connectivity index (χ0) is 23.8. The molecule has 5 rings (SSSR count). The summed E-state index contributed by atoms with van der Waals surface area (Å²) in [5.41, 5.74) is 1.66. The number of fused-ring (bicyclic) bond motifs is 3. The Balaban J connectivity index is 1.46. The first-order valence-corrected chi connectivity index (χ1v) is 11.6. The summed E-state index contributed by atoms with van der Waals surface area (Å²) in [4.78, 5) is 25.2. The summed E-state index contributed by atoms with van der Waals surface area (Å²) >= 11 is 0. The number of esters is 1. The summed E-state index contributed by atoms with van der Waals surface area (Å²) in [5, 5.41) is 13.1. The molecule has 1 aromatic heterocycles. The number of benzene rings is 1. The third-order valence-corrected chi connectivity index (χ3v) is 6.64. The predicted octanol–water partition coefficient (Wildman–Crippen LogP) is 3.52. The van der Waals surface area contributed by atoms with Crippen LogP contribution in [0.1, 0.15) is 44.1 Å². The molecule has 2 unspecified atom stereocenters. The van der Waals surface area contributed by atoms with Crippen LogP contribution in [0.15, 0.2) is 23.3 Å². The number of aliphatic imine (C=N–C) groups is 1. The number of rotatable bonds is 5. The first kappa shape index (κ1) is 22.8. The molecule has 180 valence electrons. The Morgan fingerprint density at radius 2 is 2.12 bits per heavy atom. The molecule has 34 heavy (non-hydrogen) atoms. The van der Waals surface area contributed by atoms with Crippen LogP contribution in [-0.4, -0.2) is 58.7 Å². The fourth-order valence-electron chi connectivity index (χ4n) is 4.98. The van der Waals surface area contributed by atoms with E-state index >= 15 is 4.39 Å². The number of aliphatic hydroxyl groups excluding tert-OH is 1. The van der Waals surface area contributed by atoms with Crippen molar-refractivity contribution in [1.82, 2.24) is 9.97 Å². The molecule has 2 fully saturated rings. The van der Waals surface area contributed by atoms with E-state index in [4.69, 9.17) is 9.47 Å². The number of anilines is 1. The van der Waals surface area contributed by atoms with Gasteiger partial charge in [0.05, 0.1) is 37.5 Å². The highest BCUT2D eigenvalue weighted by Gasteiger charge is 2.41.